The van der Waals surface area contributed by atoms with Crippen molar-refractivity contribution in [2.24, 2.45) is 5.92 Å². The molecule has 2 heterocycles. The lowest BCUT2D eigenvalue weighted by molar-refractivity contribution is 0.387. The predicted molar refractivity (Wildman–Crippen MR) is 80.0 cm³/mol. The van der Waals surface area contributed by atoms with Crippen LogP contribution >= 0.6 is 0 Å². The van der Waals surface area contributed by atoms with E-state index in [2.05, 4.69) is 17.4 Å². The molecule has 0 saturated carbocycles. The van der Waals surface area contributed by atoms with Crippen LogP contribution in [-0.2, 0) is 16.4 Å². The van der Waals surface area contributed by atoms with Crippen molar-refractivity contribution in [3.63, 3.8) is 0 Å². The Morgan fingerprint density at radius 3 is 2.70 bits per heavy atom. The Kier molecular flexibility index (Phi) is 4.10. The maximum Gasteiger partial charge on any atom is 0.217 e. The van der Waals surface area contributed by atoms with Crippen LogP contribution in [0.1, 0.15) is 18.4 Å². The summed E-state index contributed by atoms with van der Waals surface area (Å²) in [5.41, 5.74) is 1.21. The molecule has 0 aromatic heterocycles. The molecular weight excluding hydrogens is 272 g/mol. The van der Waals surface area contributed by atoms with Gasteiger partial charge in [-0.05, 0) is 43.8 Å². The third-order valence-corrected chi connectivity index (χ3v) is 6.93. The molecule has 0 radical (unpaired) electrons. The maximum absolute atomic E-state index is 12.6. The molecule has 2 saturated heterocycles. The molecule has 5 heteroatoms. The SMILES string of the molecule is O=S1(=O)[C@@H]2CCNCCC2CN1CCc1ccccc1. The first-order valence-corrected chi connectivity index (χ1v) is 8.92. The molecule has 2 fully saturated rings. The molecule has 0 amide bonds. The molecule has 4 nitrogen and oxygen atoms in total. The predicted octanol–water partition coefficient (Wildman–Crippen LogP) is 1.24. The van der Waals surface area contributed by atoms with Gasteiger partial charge in [-0.1, -0.05) is 30.3 Å². The summed E-state index contributed by atoms with van der Waals surface area (Å²) in [6.07, 6.45) is 2.54. The number of fused-ring (bicyclic) bond motifs is 1. The van der Waals surface area contributed by atoms with Gasteiger partial charge in [0.25, 0.3) is 0 Å². The smallest absolute Gasteiger partial charge is 0.217 e. The quantitative estimate of drug-likeness (QED) is 0.912. The second-order valence-electron chi connectivity index (χ2n) is 5.76. The summed E-state index contributed by atoms with van der Waals surface area (Å²) < 4.78 is 26.9. The van der Waals surface area contributed by atoms with E-state index in [1.807, 2.05) is 18.2 Å². The van der Waals surface area contributed by atoms with E-state index in [1.54, 1.807) is 4.31 Å². The minimum atomic E-state index is -3.09. The largest absolute Gasteiger partial charge is 0.317 e. The van der Waals surface area contributed by atoms with E-state index in [-0.39, 0.29) is 5.25 Å². The molecule has 2 aliphatic heterocycles. The van der Waals surface area contributed by atoms with Crippen LogP contribution in [0.4, 0.5) is 0 Å². The topological polar surface area (TPSA) is 49.4 Å². The van der Waals surface area contributed by atoms with Crippen LogP contribution in [0.2, 0.25) is 0 Å². The van der Waals surface area contributed by atoms with Gasteiger partial charge in [-0.2, -0.15) is 0 Å². The van der Waals surface area contributed by atoms with E-state index in [4.69, 9.17) is 0 Å². The second-order valence-corrected chi connectivity index (χ2v) is 7.92. The molecule has 110 valence electrons. The highest BCUT2D eigenvalue weighted by Crippen LogP contribution is 2.32. The number of hydrogen-bond donors (Lipinski definition) is 1. The summed E-state index contributed by atoms with van der Waals surface area (Å²) in [7, 11) is -3.09. The van der Waals surface area contributed by atoms with Gasteiger partial charge < -0.3 is 5.32 Å². The normalized spacial score (nSPS) is 29.8. The molecular formula is C15H22N2O2S. The van der Waals surface area contributed by atoms with Crippen molar-refractivity contribution in [1.29, 1.82) is 0 Å². The maximum atomic E-state index is 12.6. The minimum absolute atomic E-state index is 0.159. The van der Waals surface area contributed by atoms with Gasteiger partial charge in [0, 0.05) is 13.1 Å². The van der Waals surface area contributed by atoms with Crippen molar-refractivity contribution < 1.29 is 8.42 Å². The molecule has 20 heavy (non-hydrogen) atoms. The van der Waals surface area contributed by atoms with Gasteiger partial charge in [0.15, 0.2) is 0 Å². The summed E-state index contributed by atoms with van der Waals surface area (Å²) in [6.45, 7) is 3.10. The van der Waals surface area contributed by atoms with Gasteiger partial charge in [0.05, 0.1) is 5.25 Å². The van der Waals surface area contributed by atoms with Crippen molar-refractivity contribution in [2.75, 3.05) is 26.2 Å². The van der Waals surface area contributed by atoms with E-state index in [0.29, 0.717) is 19.0 Å². The van der Waals surface area contributed by atoms with Gasteiger partial charge in [0.1, 0.15) is 0 Å². The molecule has 2 aliphatic rings. The molecule has 0 bridgehead atoms. The zero-order valence-electron chi connectivity index (χ0n) is 11.7. The summed E-state index contributed by atoms with van der Waals surface area (Å²) in [5.74, 6) is 0.311. The van der Waals surface area contributed by atoms with E-state index < -0.39 is 10.0 Å². The Hall–Kier alpha value is -0.910. The van der Waals surface area contributed by atoms with Crippen molar-refractivity contribution >= 4 is 10.0 Å². The Labute approximate surface area is 121 Å². The van der Waals surface area contributed by atoms with Crippen LogP contribution in [0.15, 0.2) is 30.3 Å². The van der Waals surface area contributed by atoms with Gasteiger partial charge >= 0.3 is 0 Å². The highest BCUT2D eigenvalue weighted by Gasteiger charge is 2.45. The van der Waals surface area contributed by atoms with Crippen molar-refractivity contribution in [3.8, 4) is 0 Å². The molecule has 1 aromatic carbocycles. The summed E-state index contributed by atoms with van der Waals surface area (Å²) in [6, 6.07) is 10.1. The first-order valence-electron chi connectivity index (χ1n) is 7.41. The van der Waals surface area contributed by atoms with Crippen LogP contribution in [0, 0.1) is 5.92 Å². The van der Waals surface area contributed by atoms with E-state index in [9.17, 15) is 8.42 Å². The average molecular weight is 294 g/mol. The summed E-state index contributed by atoms with van der Waals surface area (Å²) >= 11 is 0. The Bertz CT molecular complexity index is 544. The van der Waals surface area contributed by atoms with E-state index in [1.165, 1.54) is 5.56 Å². The third kappa shape index (κ3) is 2.75. The van der Waals surface area contributed by atoms with Gasteiger partial charge in [-0.25, -0.2) is 12.7 Å². The van der Waals surface area contributed by atoms with Crippen molar-refractivity contribution in [1.82, 2.24) is 9.62 Å². The van der Waals surface area contributed by atoms with Crippen LogP contribution in [0.3, 0.4) is 0 Å². The average Bonchev–Trinajstić information content (AvgIpc) is 2.62. The Balaban J connectivity index is 1.68. The number of rotatable bonds is 3. The van der Waals surface area contributed by atoms with Crippen LogP contribution < -0.4 is 5.32 Å². The van der Waals surface area contributed by atoms with Crippen molar-refractivity contribution in [2.45, 2.75) is 24.5 Å². The zero-order valence-corrected chi connectivity index (χ0v) is 12.5. The first-order chi connectivity index (χ1) is 9.68. The van der Waals surface area contributed by atoms with Crippen molar-refractivity contribution in [3.05, 3.63) is 35.9 Å². The lowest BCUT2D eigenvalue weighted by atomic mass is 10.0. The van der Waals surface area contributed by atoms with Crippen LogP contribution in [0.25, 0.3) is 0 Å². The number of sulfonamides is 1. The Morgan fingerprint density at radius 1 is 1.15 bits per heavy atom. The monoisotopic (exact) mass is 294 g/mol. The Morgan fingerprint density at radius 2 is 1.90 bits per heavy atom. The molecule has 2 atom stereocenters. The zero-order chi connectivity index (χ0) is 14.0. The molecule has 0 spiro atoms. The van der Waals surface area contributed by atoms with Gasteiger partial charge in [0.2, 0.25) is 10.0 Å². The third-order valence-electron chi connectivity index (χ3n) is 4.50. The number of hydrogen-bond acceptors (Lipinski definition) is 3. The van der Waals surface area contributed by atoms with Gasteiger partial charge in [-0.15, -0.1) is 0 Å². The second kappa shape index (κ2) is 5.84. The fourth-order valence-electron chi connectivity index (χ4n) is 3.35. The fraction of sp³-hybridized carbons (Fsp3) is 0.600. The number of nitrogens with one attached hydrogen (secondary N) is 1. The molecule has 1 unspecified atom stereocenters. The number of benzene rings is 1. The summed E-state index contributed by atoms with van der Waals surface area (Å²) in [5, 5.41) is 3.14. The molecule has 1 N–H and O–H groups in total. The molecule has 3 rings (SSSR count). The lowest BCUT2D eigenvalue weighted by Crippen LogP contribution is -2.32. The van der Waals surface area contributed by atoms with E-state index >= 15 is 0 Å². The van der Waals surface area contributed by atoms with Gasteiger partial charge in [-0.3, -0.25) is 0 Å². The molecule has 0 aliphatic carbocycles. The molecule has 1 aromatic rings. The highest BCUT2D eigenvalue weighted by atomic mass is 32.2. The van der Waals surface area contributed by atoms with Crippen LogP contribution in [0.5, 0.6) is 0 Å². The fourth-order valence-corrected chi connectivity index (χ4v) is 5.61. The number of nitrogens with zero attached hydrogens (tertiary/aromatic N) is 1. The standard InChI is InChI=1S/C15H22N2O2S/c18-20(19)15-7-10-16-9-6-14(15)12-17(20)11-8-13-4-2-1-3-5-13/h1-5,14-16H,6-12H2/t14?,15-/m1/s1. The lowest BCUT2D eigenvalue weighted by Gasteiger charge is -2.16. The van der Waals surface area contributed by atoms with E-state index in [0.717, 1.165) is 32.4 Å². The highest BCUT2D eigenvalue weighted by molar-refractivity contribution is 7.90. The van der Waals surface area contributed by atoms with Crippen LogP contribution in [-0.4, -0.2) is 44.2 Å². The summed E-state index contributed by atoms with van der Waals surface area (Å²) in [4.78, 5) is 0. The minimum Gasteiger partial charge on any atom is -0.317 e. The first kappa shape index (κ1) is 14.0.